The Morgan fingerprint density at radius 3 is 2.65 bits per heavy atom. The fourth-order valence-electron chi connectivity index (χ4n) is 5.24. The van der Waals surface area contributed by atoms with Gasteiger partial charge in [0, 0.05) is 62.1 Å². The molecule has 6 rings (SSSR count). The van der Waals surface area contributed by atoms with Gasteiger partial charge in [-0.3, -0.25) is 4.98 Å². The summed E-state index contributed by atoms with van der Waals surface area (Å²) in [5, 5.41) is 1.23. The number of piperazine rings is 1. The fourth-order valence-corrected chi connectivity index (χ4v) is 6.62. The summed E-state index contributed by atoms with van der Waals surface area (Å²) in [5.41, 5.74) is 2.38. The molecule has 0 spiro atoms. The summed E-state index contributed by atoms with van der Waals surface area (Å²) < 4.78 is 5.41. The number of thiophene rings is 1. The predicted molar refractivity (Wildman–Crippen MR) is 133 cm³/mol. The van der Waals surface area contributed by atoms with Crippen LogP contribution in [0.5, 0.6) is 0 Å². The molecule has 2 saturated heterocycles. The van der Waals surface area contributed by atoms with Crippen molar-refractivity contribution in [1.82, 2.24) is 24.8 Å². The third-order valence-electron chi connectivity index (χ3n) is 7.19. The topological polar surface area (TPSA) is 74.7 Å². The molecule has 3 aliphatic rings. The average Bonchev–Trinajstić information content (AvgIpc) is 3.26. The minimum Gasteiger partial charge on any atom is -0.378 e. The number of anilines is 1. The van der Waals surface area contributed by atoms with Gasteiger partial charge in [0.15, 0.2) is 5.82 Å². The SMILES string of the molecule is C[C@@H]1CCc2c(sc3nc(-c4cccnc4)nc(N4CCN(C(=O)N5CCOCC5)CC4)c23)C1. The molecular formula is C25H30N6O2S. The number of hydrogen-bond donors (Lipinski definition) is 0. The van der Waals surface area contributed by atoms with Crippen molar-refractivity contribution in [2.45, 2.75) is 26.2 Å². The van der Waals surface area contributed by atoms with E-state index in [1.165, 1.54) is 22.2 Å². The number of carbonyl (C=O) groups is 1. The molecule has 3 aromatic heterocycles. The molecule has 34 heavy (non-hydrogen) atoms. The molecule has 0 saturated carbocycles. The van der Waals surface area contributed by atoms with Crippen molar-refractivity contribution in [3.05, 3.63) is 35.0 Å². The van der Waals surface area contributed by atoms with E-state index < -0.39 is 0 Å². The van der Waals surface area contributed by atoms with E-state index in [1.807, 2.05) is 39.5 Å². The van der Waals surface area contributed by atoms with Crippen LogP contribution in [0.4, 0.5) is 10.6 Å². The molecule has 0 aromatic carbocycles. The molecule has 1 atom stereocenters. The third-order valence-corrected chi connectivity index (χ3v) is 8.34. The first-order valence-corrected chi connectivity index (χ1v) is 13.1. The van der Waals surface area contributed by atoms with Crippen LogP contribution in [0.25, 0.3) is 21.6 Å². The van der Waals surface area contributed by atoms with Gasteiger partial charge < -0.3 is 19.4 Å². The van der Waals surface area contributed by atoms with E-state index in [-0.39, 0.29) is 6.03 Å². The number of morpholine rings is 1. The van der Waals surface area contributed by atoms with Gasteiger partial charge in [0.05, 0.1) is 18.6 Å². The maximum atomic E-state index is 13.0. The summed E-state index contributed by atoms with van der Waals surface area (Å²) in [6.45, 7) is 7.91. The van der Waals surface area contributed by atoms with Crippen molar-refractivity contribution < 1.29 is 9.53 Å². The quantitative estimate of drug-likeness (QED) is 0.562. The Hall–Kier alpha value is -2.78. The highest BCUT2D eigenvalue weighted by Crippen LogP contribution is 2.42. The van der Waals surface area contributed by atoms with E-state index in [0.29, 0.717) is 45.3 Å². The highest BCUT2D eigenvalue weighted by atomic mass is 32.1. The third kappa shape index (κ3) is 4.01. The van der Waals surface area contributed by atoms with Gasteiger partial charge in [0.25, 0.3) is 0 Å². The lowest BCUT2D eigenvalue weighted by Crippen LogP contribution is -2.55. The second-order valence-electron chi connectivity index (χ2n) is 9.50. The van der Waals surface area contributed by atoms with Crippen molar-refractivity contribution in [2.24, 2.45) is 5.92 Å². The molecule has 0 bridgehead atoms. The summed E-state index contributed by atoms with van der Waals surface area (Å²) in [4.78, 5) is 36.2. The Labute approximate surface area is 203 Å². The summed E-state index contributed by atoms with van der Waals surface area (Å²) in [6.07, 6.45) is 7.04. The average molecular weight is 479 g/mol. The number of aromatic nitrogens is 3. The number of fused-ring (bicyclic) bond motifs is 3. The van der Waals surface area contributed by atoms with Crippen molar-refractivity contribution >= 4 is 33.4 Å². The standard InChI is InChI=1S/C25H30N6O2S/c1-17-4-5-19-20(15-17)34-24-21(19)23(27-22(28-24)18-3-2-6-26-16-18)29-7-9-30(10-8-29)25(32)31-11-13-33-14-12-31/h2-3,6,16-17H,4-5,7-15H2,1H3/t17-/m1/s1. The molecule has 9 heteroatoms. The van der Waals surface area contributed by atoms with Crippen LogP contribution < -0.4 is 4.90 Å². The highest BCUT2D eigenvalue weighted by molar-refractivity contribution is 7.19. The van der Waals surface area contributed by atoms with Crippen molar-refractivity contribution in [1.29, 1.82) is 0 Å². The van der Waals surface area contributed by atoms with E-state index in [2.05, 4.69) is 16.8 Å². The Morgan fingerprint density at radius 2 is 1.88 bits per heavy atom. The number of amides is 2. The Morgan fingerprint density at radius 1 is 1.09 bits per heavy atom. The molecule has 0 unspecified atom stereocenters. The normalized spacial score (nSPS) is 21.1. The van der Waals surface area contributed by atoms with E-state index in [9.17, 15) is 4.79 Å². The van der Waals surface area contributed by atoms with Crippen LogP contribution in [0.1, 0.15) is 23.8 Å². The number of ether oxygens (including phenoxy) is 1. The number of urea groups is 1. The van der Waals surface area contributed by atoms with E-state index in [4.69, 9.17) is 14.7 Å². The number of carbonyl (C=O) groups excluding carboxylic acids is 1. The first-order valence-electron chi connectivity index (χ1n) is 12.3. The molecular weight excluding hydrogens is 448 g/mol. The smallest absolute Gasteiger partial charge is 0.320 e. The minimum atomic E-state index is 0.133. The summed E-state index contributed by atoms with van der Waals surface area (Å²) >= 11 is 1.83. The molecule has 2 amide bonds. The summed E-state index contributed by atoms with van der Waals surface area (Å²) in [5.74, 6) is 2.47. The Bertz CT molecular complexity index is 1190. The number of rotatable bonds is 2. The van der Waals surface area contributed by atoms with Gasteiger partial charge in [-0.25, -0.2) is 14.8 Å². The van der Waals surface area contributed by atoms with E-state index >= 15 is 0 Å². The van der Waals surface area contributed by atoms with E-state index in [1.54, 1.807) is 6.20 Å². The number of pyridine rings is 1. The van der Waals surface area contributed by atoms with Gasteiger partial charge >= 0.3 is 6.03 Å². The van der Waals surface area contributed by atoms with Crippen LogP contribution in [0, 0.1) is 5.92 Å². The van der Waals surface area contributed by atoms with Crippen LogP contribution in [-0.4, -0.2) is 83.3 Å². The highest BCUT2D eigenvalue weighted by Gasteiger charge is 2.30. The Kier molecular flexibility index (Phi) is 5.82. The van der Waals surface area contributed by atoms with Gasteiger partial charge in [0.1, 0.15) is 10.6 Å². The van der Waals surface area contributed by atoms with Crippen LogP contribution in [-0.2, 0) is 17.6 Å². The van der Waals surface area contributed by atoms with Crippen molar-refractivity contribution in [2.75, 3.05) is 57.4 Å². The maximum absolute atomic E-state index is 13.0. The van der Waals surface area contributed by atoms with Gasteiger partial charge in [-0.2, -0.15) is 0 Å². The Balaban J connectivity index is 1.32. The fraction of sp³-hybridized carbons (Fsp3) is 0.520. The first kappa shape index (κ1) is 21.7. The monoisotopic (exact) mass is 478 g/mol. The summed E-state index contributed by atoms with van der Waals surface area (Å²) in [7, 11) is 0. The second-order valence-corrected chi connectivity index (χ2v) is 10.6. The van der Waals surface area contributed by atoms with Crippen molar-refractivity contribution in [3.8, 4) is 11.4 Å². The largest absolute Gasteiger partial charge is 0.378 e. The molecule has 8 nitrogen and oxygen atoms in total. The lowest BCUT2D eigenvalue weighted by molar-refractivity contribution is 0.0428. The zero-order chi connectivity index (χ0) is 23.1. The second kappa shape index (κ2) is 9.11. The zero-order valence-corrected chi connectivity index (χ0v) is 20.4. The molecule has 3 aromatic rings. The lowest BCUT2D eigenvalue weighted by atomic mass is 9.89. The number of hydrogen-bond acceptors (Lipinski definition) is 7. The number of aryl methyl sites for hydroxylation is 1. The van der Waals surface area contributed by atoms with Crippen LogP contribution in [0.3, 0.4) is 0 Å². The molecule has 2 aliphatic heterocycles. The molecule has 178 valence electrons. The zero-order valence-electron chi connectivity index (χ0n) is 19.6. The van der Waals surface area contributed by atoms with Crippen LogP contribution in [0.15, 0.2) is 24.5 Å². The number of nitrogens with zero attached hydrogens (tertiary/aromatic N) is 6. The van der Waals surface area contributed by atoms with Crippen LogP contribution >= 0.6 is 11.3 Å². The summed E-state index contributed by atoms with van der Waals surface area (Å²) in [6, 6.07) is 4.08. The molecule has 0 radical (unpaired) electrons. The molecule has 1 aliphatic carbocycles. The molecule has 2 fully saturated rings. The van der Waals surface area contributed by atoms with Gasteiger partial charge in [-0.15, -0.1) is 11.3 Å². The van der Waals surface area contributed by atoms with E-state index in [0.717, 1.165) is 48.0 Å². The molecule has 0 N–H and O–H groups in total. The minimum absolute atomic E-state index is 0.133. The van der Waals surface area contributed by atoms with Gasteiger partial charge in [-0.05, 0) is 42.9 Å². The lowest BCUT2D eigenvalue weighted by Gasteiger charge is -2.39. The van der Waals surface area contributed by atoms with Gasteiger partial charge in [-0.1, -0.05) is 6.92 Å². The molecule has 5 heterocycles. The van der Waals surface area contributed by atoms with Gasteiger partial charge in [0.2, 0.25) is 0 Å². The van der Waals surface area contributed by atoms with Crippen molar-refractivity contribution in [3.63, 3.8) is 0 Å². The van der Waals surface area contributed by atoms with Crippen LogP contribution in [0.2, 0.25) is 0 Å². The predicted octanol–water partition coefficient (Wildman–Crippen LogP) is 3.45. The maximum Gasteiger partial charge on any atom is 0.320 e. The first-order chi connectivity index (χ1) is 16.7.